The van der Waals surface area contributed by atoms with Crippen LogP contribution >= 0.6 is 34.7 Å². The van der Waals surface area contributed by atoms with E-state index in [4.69, 9.17) is 17.3 Å². The lowest BCUT2D eigenvalue weighted by atomic mass is 10.3. The van der Waals surface area contributed by atoms with Crippen molar-refractivity contribution in [1.82, 2.24) is 14.8 Å². The molecule has 0 fully saturated rings. The van der Waals surface area contributed by atoms with E-state index in [1.54, 1.807) is 29.4 Å². The van der Waals surface area contributed by atoms with Crippen LogP contribution in [0.25, 0.3) is 0 Å². The smallest absolute Gasteiger partial charge is 0.191 e. The van der Waals surface area contributed by atoms with Gasteiger partial charge in [0.15, 0.2) is 5.16 Å². The molecular formula is C9H11ClN4S2. The van der Waals surface area contributed by atoms with Crippen molar-refractivity contribution in [2.24, 2.45) is 12.8 Å². The van der Waals surface area contributed by atoms with Gasteiger partial charge in [0.2, 0.25) is 0 Å². The Hall–Kier alpha value is -0.560. The van der Waals surface area contributed by atoms with Crippen molar-refractivity contribution in [3.05, 3.63) is 27.7 Å². The summed E-state index contributed by atoms with van der Waals surface area (Å²) < 4.78 is 2.66. The molecule has 0 amide bonds. The van der Waals surface area contributed by atoms with Crippen molar-refractivity contribution >= 4 is 34.7 Å². The van der Waals surface area contributed by atoms with Gasteiger partial charge in [0.25, 0.3) is 0 Å². The largest absolute Gasteiger partial charge is 0.329 e. The summed E-state index contributed by atoms with van der Waals surface area (Å²) in [5.74, 6) is 0. The molecule has 0 aliphatic carbocycles. The van der Waals surface area contributed by atoms with Crippen LogP contribution in [0, 0.1) is 0 Å². The van der Waals surface area contributed by atoms with Crippen molar-refractivity contribution in [3.8, 4) is 0 Å². The SMILES string of the molecule is Cn1cnnc1SC(CN)c1ccc(Cl)s1. The third-order valence-corrected chi connectivity index (χ3v) is 4.85. The standard InChI is InChI=1S/C9H11ClN4S2/c1-14-5-12-13-9(14)16-7(4-11)6-2-3-8(10)15-6/h2-3,5,7H,4,11H2,1H3. The minimum atomic E-state index is 0.181. The van der Waals surface area contributed by atoms with Gasteiger partial charge >= 0.3 is 0 Å². The van der Waals surface area contributed by atoms with E-state index in [9.17, 15) is 0 Å². The molecule has 2 N–H and O–H groups in total. The lowest BCUT2D eigenvalue weighted by Crippen LogP contribution is -2.08. The van der Waals surface area contributed by atoms with Crippen molar-refractivity contribution in [2.45, 2.75) is 10.4 Å². The van der Waals surface area contributed by atoms with Crippen LogP contribution in [0.3, 0.4) is 0 Å². The van der Waals surface area contributed by atoms with Crippen molar-refractivity contribution in [3.63, 3.8) is 0 Å². The van der Waals surface area contributed by atoms with Gasteiger partial charge < -0.3 is 10.3 Å². The minimum absolute atomic E-state index is 0.181. The summed E-state index contributed by atoms with van der Waals surface area (Å²) in [5, 5.41) is 8.91. The first-order valence-electron chi connectivity index (χ1n) is 4.66. The highest BCUT2D eigenvalue weighted by atomic mass is 35.5. The molecule has 0 saturated carbocycles. The molecule has 2 rings (SSSR count). The Bertz CT molecular complexity index is 468. The average Bonchev–Trinajstić information content (AvgIpc) is 2.85. The Labute approximate surface area is 107 Å². The topological polar surface area (TPSA) is 56.7 Å². The molecule has 0 saturated heterocycles. The first-order chi connectivity index (χ1) is 7.70. The van der Waals surface area contributed by atoms with Crippen LogP contribution in [0.1, 0.15) is 10.1 Å². The lowest BCUT2D eigenvalue weighted by Gasteiger charge is -2.10. The van der Waals surface area contributed by atoms with E-state index in [0.717, 1.165) is 9.49 Å². The highest BCUT2D eigenvalue weighted by molar-refractivity contribution is 7.99. The fourth-order valence-corrected chi connectivity index (χ4v) is 3.43. The van der Waals surface area contributed by atoms with Crippen LogP contribution in [0.5, 0.6) is 0 Å². The van der Waals surface area contributed by atoms with Gasteiger partial charge in [-0.25, -0.2) is 0 Å². The fourth-order valence-electron chi connectivity index (χ4n) is 1.23. The summed E-state index contributed by atoms with van der Waals surface area (Å²) in [5.41, 5.74) is 5.77. The second-order valence-corrected chi connectivity index (χ2v) is 6.13. The number of rotatable bonds is 4. The number of hydrogen-bond donors (Lipinski definition) is 1. The number of aryl methyl sites for hydroxylation is 1. The maximum absolute atomic E-state index is 5.91. The van der Waals surface area contributed by atoms with Gasteiger partial charge in [-0.05, 0) is 12.1 Å². The molecular weight excluding hydrogens is 264 g/mol. The first-order valence-corrected chi connectivity index (χ1v) is 6.74. The van der Waals surface area contributed by atoms with Gasteiger partial charge in [0.05, 0.1) is 9.59 Å². The maximum atomic E-state index is 5.91. The molecule has 0 aromatic carbocycles. The predicted molar refractivity (Wildman–Crippen MR) is 68.0 cm³/mol. The van der Waals surface area contributed by atoms with E-state index in [-0.39, 0.29) is 5.25 Å². The Morgan fingerprint density at radius 2 is 2.44 bits per heavy atom. The van der Waals surface area contributed by atoms with E-state index >= 15 is 0 Å². The van der Waals surface area contributed by atoms with Crippen LogP contribution in [-0.4, -0.2) is 21.3 Å². The summed E-state index contributed by atoms with van der Waals surface area (Å²) >= 11 is 9.07. The third kappa shape index (κ3) is 2.57. The summed E-state index contributed by atoms with van der Waals surface area (Å²) in [6.45, 7) is 0.550. The van der Waals surface area contributed by atoms with Crippen LogP contribution in [0.4, 0.5) is 0 Å². The summed E-state index contributed by atoms with van der Waals surface area (Å²) in [6, 6.07) is 3.90. The predicted octanol–water partition coefficient (Wildman–Crippen LogP) is 2.32. The van der Waals surface area contributed by atoms with E-state index in [2.05, 4.69) is 10.2 Å². The minimum Gasteiger partial charge on any atom is -0.329 e. The van der Waals surface area contributed by atoms with Crippen LogP contribution in [0.2, 0.25) is 4.34 Å². The number of nitrogens with two attached hydrogens (primary N) is 1. The zero-order valence-corrected chi connectivity index (χ0v) is 11.0. The highest BCUT2D eigenvalue weighted by Crippen LogP contribution is 2.37. The molecule has 0 radical (unpaired) electrons. The Morgan fingerprint density at radius 1 is 1.62 bits per heavy atom. The molecule has 1 unspecified atom stereocenters. The van der Waals surface area contributed by atoms with Gasteiger partial charge in [0, 0.05) is 18.5 Å². The van der Waals surface area contributed by atoms with Crippen LogP contribution in [-0.2, 0) is 7.05 Å². The molecule has 2 aromatic rings. The summed E-state index contributed by atoms with van der Waals surface area (Å²) in [4.78, 5) is 1.17. The summed E-state index contributed by atoms with van der Waals surface area (Å²) in [6.07, 6.45) is 1.68. The second kappa shape index (κ2) is 5.18. The monoisotopic (exact) mass is 274 g/mol. The number of halogens is 1. The molecule has 7 heteroatoms. The van der Waals surface area contributed by atoms with Gasteiger partial charge in [0.1, 0.15) is 6.33 Å². The normalized spacial score (nSPS) is 12.9. The van der Waals surface area contributed by atoms with Crippen molar-refractivity contribution < 1.29 is 0 Å². The highest BCUT2D eigenvalue weighted by Gasteiger charge is 2.16. The molecule has 86 valence electrons. The van der Waals surface area contributed by atoms with E-state index in [1.807, 2.05) is 23.7 Å². The number of thiophene rings is 1. The first kappa shape index (κ1) is 11.9. The molecule has 0 aliphatic rings. The van der Waals surface area contributed by atoms with Gasteiger partial charge in [-0.1, -0.05) is 23.4 Å². The second-order valence-electron chi connectivity index (χ2n) is 3.21. The molecule has 2 aromatic heterocycles. The number of aromatic nitrogens is 3. The van der Waals surface area contributed by atoms with Crippen LogP contribution < -0.4 is 5.73 Å². The molecule has 2 heterocycles. The van der Waals surface area contributed by atoms with Crippen LogP contribution in [0.15, 0.2) is 23.6 Å². The quantitative estimate of drug-likeness (QED) is 0.870. The number of nitrogens with zero attached hydrogens (tertiary/aromatic N) is 3. The zero-order valence-electron chi connectivity index (χ0n) is 8.63. The van der Waals surface area contributed by atoms with E-state index < -0.39 is 0 Å². The average molecular weight is 275 g/mol. The number of thioether (sulfide) groups is 1. The van der Waals surface area contributed by atoms with Gasteiger partial charge in [-0.2, -0.15) is 0 Å². The van der Waals surface area contributed by atoms with Gasteiger partial charge in [-0.15, -0.1) is 21.5 Å². The third-order valence-electron chi connectivity index (χ3n) is 2.04. The Balaban J connectivity index is 2.15. The Morgan fingerprint density at radius 3 is 2.94 bits per heavy atom. The molecule has 1 atom stereocenters. The van der Waals surface area contributed by atoms with Crippen molar-refractivity contribution in [1.29, 1.82) is 0 Å². The van der Waals surface area contributed by atoms with Gasteiger partial charge in [-0.3, -0.25) is 0 Å². The lowest BCUT2D eigenvalue weighted by molar-refractivity contribution is 0.782. The van der Waals surface area contributed by atoms with E-state index in [0.29, 0.717) is 6.54 Å². The molecule has 4 nitrogen and oxygen atoms in total. The fraction of sp³-hybridized carbons (Fsp3) is 0.333. The Kier molecular flexibility index (Phi) is 3.86. The van der Waals surface area contributed by atoms with Crippen molar-refractivity contribution in [2.75, 3.05) is 6.54 Å². The molecule has 16 heavy (non-hydrogen) atoms. The maximum Gasteiger partial charge on any atom is 0.191 e. The number of hydrogen-bond acceptors (Lipinski definition) is 5. The summed E-state index contributed by atoms with van der Waals surface area (Å²) in [7, 11) is 1.91. The zero-order chi connectivity index (χ0) is 11.5. The molecule has 0 bridgehead atoms. The molecule has 0 aliphatic heterocycles. The van der Waals surface area contributed by atoms with E-state index in [1.165, 1.54) is 4.88 Å². The molecule has 0 spiro atoms.